The molecule has 1 aliphatic heterocycles. The maximum absolute atomic E-state index is 14.1. The number of carbonyl (C=O) groups is 3. The smallest absolute Gasteiger partial charge is 0.251 e. The summed E-state index contributed by atoms with van der Waals surface area (Å²) in [6.45, 7) is 7.76. The third-order valence-corrected chi connectivity index (χ3v) is 6.17. The number of nitrogens with two attached hydrogens (primary N) is 1. The first-order valence-electron chi connectivity index (χ1n) is 11.1. The lowest BCUT2D eigenvalue weighted by Gasteiger charge is -2.28. The van der Waals surface area contributed by atoms with Gasteiger partial charge in [-0.1, -0.05) is 20.8 Å². The van der Waals surface area contributed by atoms with E-state index in [4.69, 9.17) is 5.73 Å². The zero-order chi connectivity index (χ0) is 24.5. The van der Waals surface area contributed by atoms with Crippen molar-refractivity contribution in [3.05, 3.63) is 41.0 Å². The Bertz CT molecular complexity index is 1090. The molecular weight excluding hydrogens is 425 g/mol. The number of Topliss-reactive ketones (excluding diaryl/α,β-unsaturated/α-hetero) is 1. The summed E-state index contributed by atoms with van der Waals surface area (Å²) >= 11 is 0. The minimum absolute atomic E-state index is 0.0201. The van der Waals surface area contributed by atoms with E-state index in [-0.39, 0.29) is 23.7 Å². The van der Waals surface area contributed by atoms with Gasteiger partial charge in [-0.2, -0.15) is 0 Å². The van der Waals surface area contributed by atoms with Gasteiger partial charge >= 0.3 is 0 Å². The number of halogens is 1. The number of hydrogen-bond donors (Lipinski definition) is 2. The van der Waals surface area contributed by atoms with Gasteiger partial charge in [0.15, 0.2) is 5.78 Å². The van der Waals surface area contributed by atoms with Gasteiger partial charge in [-0.3, -0.25) is 14.4 Å². The summed E-state index contributed by atoms with van der Waals surface area (Å²) < 4.78 is 16.0. The largest absolute Gasteiger partial charge is 0.366 e. The van der Waals surface area contributed by atoms with Gasteiger partial charge in [0.1, 0.15) is 17.3 Å². The number of imidazole rings is 1. The van der Waals surface area contributed by atoms with Crippen LogP contribution in [0, 0.1) is 17.2 Å². The predicted octanol–water partition coefficient (Wildman–Crippen LogP) is 2.60. The van der Waals surface area contributed by atoms with Crippen LogP contribution in [0.2, 0.25) is 0 Å². The van der Waals surface area contributed by atoms with Crippen molar-refractivity contribution in [2.24, 2.45) is 17.1 Å². The van der Waals surface area contributed by atoms with Gasteiger partial charge in [0.25, 0.3) is 5.91 Å². The maximum atomic E-state index is 14.1. The van der Waals surface area contributed by atoms with Crippen molar-refractivity contribution in [1.82, 2.24) is 19.8 Å². The van der Waals surface area contributed by atoms with Crippen LogP contribution in [0.25, 0.3) is 11.4 Å². The van der Waals surface area contributed by atoms with E-state index in [9.17, 15) is 18.8 Å². The fourth-order valence-corrected chi connectivity index (χ4v) is 4.27. The van der Waals surface area contributed by atoms with Crippen LogP contribution in [0.5, 0.6) is 0 Å². The molecule has 3 N–H and O–H groups in total. The van der Waals surface area contributed by atoms with Gasteiger partial charge < -0.3 is 20.5 Å². The fourth-order valence-electron chi connectivity index (χ4n) is 4.27. The highest BCUT2D eigenvalue weighted by atomic mass is 19.1. The molecule has 1 atom stereocenters. The molecule has 0 saturated heterocycles. The first-order valence-corrected chi connectivity index (χ1v) is 11.1. The predicted molar refractivity (Wildman–Crippen MR) is 123 cm³/mol. The number of hydrogen-bond acceptors (Lipinski definition) is 5. The van der Waals surface area contributed by atoms with Gasteiger partial charge in [0.05, 0.1) is 17.2 Å². The Balaban J connectivity index is 2.11. The second kappa shape index (κ2) is 9.43. The Morgan fingerprint density at radius 1 is 1.24 bits per heavy atom. The highest BCUT2D eigenvalue weighted by molar-refractivity contribution is 5.99. The summed E-state index contributed by atoms with van der Waals surface area (Å²) in [5.74, 6) is -2.02. The van der Waals surface area contributed by atoms with Crippen molar-refractivity contribution >= 4 is 17.6 Å². The van der Waals surface area contributed by atoms with E-state index >= 15 is 0 Å². The quantitative estimate of drug-likeness (QED) is 0.648. The number of rotatable bonds is 6. The lowest BCUT2D eigenvalue weighted by Crippen LogP contribution is -2.37. The minimum atomic E-state index is -0.869. The van der Waals surface area contributed by atoms with Gasteiger partial charge in [-0.15, -0.1) is 0 Å². The van der Waals surface area contributed by atoms with Crippen LogP contribution in [0.15, 0.2) is 18.2 Å². The molecule has 178 valence electrons. The molecule has 2 aromatic rings. The van der Waals surface area contributed by atoms with Crippen LogP contribution in [0.3, 0.4) is 0 Å². The number of carbonyl (C=O) groups excluding carboxylic acids is 3. The van der Waals surface area contributed by atoms with Crippen molar-refractivity contribution in [1.29, 1.82) is 0 Å². The lowest BCUT2D eigenvalue weighted by atomic mass is 9.77. The molecule has 1 aromatic heterocycles. The van der Waals surface area contributed by atoms with Crippen LogP contribution < -0.4 is 11.1 Å². The topological polar surface area (TPSA) is 110 Å². The molecule has 2 heterocycles. The summed E-state index contributed by atoms with van der Waals surface area (Å²) in [7, 11) is 3.54. The van der Waals surface area contributed by atoms with Crippen LogP contribution in [-0.4, -0.2) is 52.7 Å². The van der Waals surface area contributed by atoms with E-state index < -0.39 is 23.1 Å². The molecule has 1 aliphatic rings. The van der Waals surface area contributed by atoms with E-state index in [1.165, 1.54) is 18.2 Å². The Labute approximate surface area is 193 Å². The van der Waals surface area contributed by atoms with Crippen molar-refractivity contribution in [2.45, 2.75) is 46.7 Å². The van der Waals surface area contributed by atoms with E-state index in [1.807, 2.05) is 32.4 Å². The molecule has 0 aliphatic carbocycles. The molecule has 9 heteroatoms. The molecule has 33 heavy (non-hydrogen) atoms. The molecule has 0 saturated carbocycles. The molecule has 3 rings (SSSR count). The van der Waals surface area contributed by atoms with E-state index in [0.717, 1.165) is 18.7 Å². The average Bonchev–Trinajstić information content (AvgIpc) is 2.97. The Kier molecular flexibility index (Phi) is 7.02. The second-order valence-electron chi connectivity index (χ2n) is 9.69. The van der Waals surface area contributed by atoms with E-state index in [1.54, 1.807) is 7.05 Å². The first kappa shape index (κ1) is 24.6. The maximum Gasteiger partial charge on any atom is 0.251 e. The SMILES string of the molecule is CNC(=O)[C@@H](CC(=O)c1nc(-c2ccc(F)c(C(N)=O)c2)n2c1CN(C)CCC2)C(C)(C)C. The average molecular weight is 458 g/mol. The molecule has 2 amide bonds. The Morgan fingerprint density at radius 3 is 2.55 bits per heavy atom. The molecule has 0 spiro atoms. The Hall–Kier alpha value is -3.07. The van der Waals surface area contributed by atoms with Gasteiger partial charge in [-0.25, -0.2) is 9.37 Å². The molecule has 8 nitrogen and oxygen atoms in total. The van der Waals surface area contributed by atoms with Gasteiger partial charge in [0.2, 0.25) is 5.91 Å². The minimum Gasteiger partial charge on any atom is -0.366 e. The second-order valence-corrected chi connectivity index (χ2v) is 9.69. The normalized spacial score (nSPS) is 15.5. The summed E-state index contributed by atoms with van der Waals surface area (Å²) in [5, 5.41) is 2.66. The molecule has 0 radical (unpaired) electrons. The number of benzene rings is 1. The number of primary amides is 1. The number of amides is 2. The van der Waals surface area contributed by atoms with Crippen LogP contribution >= 0.6 is 0 Å². The van der Waals surface area contributed by atoms with E-state index in [2.05, 4.69) is 15.2 Å². The summed E-state index contributed by atoms with van der Waals surface area (Å²) in [4.78, 5) is 44.4. The van der Waals surface area contributed by atoms with Crippen LogP contribution in [-0.2, 0) is 17.9 Å². The number of fused-ring (bicyclic) bond motifs is 1. The van der Waals surface area contributed by atoms with Crippen molar-refractivity contribution in [3.8, 4) is 11.4 Å². The fraction of sp³-hybridized carbons (Fsp3) is 0.500. The van der Waals surface area contributed by atoms with Gasteiger partial charge in [-0.05, 0) is 43.6 Å². The van der Waals surface area contributed by atoms with Crippen LogP contribution in [0.4, 0.5) is 4.39 Å². The van der Waals surface area contributed by atoms with Crippen molar-refractivity contribution in [2.75, 3.05) is 20.6 Å². The molecular formula is C24H32FN5O3. The number of aromatic nitrogens is 2. The third-order valence-electron chi connectivity index (χ3n) is 6.17. The molecule has 0 bridgehead atoms. The van der Waals surface area contributed by atoms with Gasteiger partial charge in [0, 0.05) is 32.1 Å². The number of ketones is 1. The standard InChI is InChI=1S/C24H32FN5O3/c1-24(2,3)16(23(33)27-4)12-19(31)20-18-13-29(5)9-6-10-30(18)22(28-20)14-7-8-17(25)15(11-14)21(26)32/h7-8,11,16H,6,9-10,12-13H2,1-5H3,(H2,26,32)(H,27,33)/t16-/m1/s1. The number of nitrogens with one attached hydrogen (secondary N) is 1. The zero-order valence-corrected chi connectivity index (χ0v) is 19.9. The molecule has 1 aromatic carbocycles. The first-order chi connectivity index (χ1) is 15.4. The number of nitrogens with zero attached hydrogens (tertiary/aromatic N) is 3. The zero-order valence-electron chi connectivity index (χ0n) is 19.9. The summed E-state index contributed by atoms with van der Waals surface area (Å²) in [6.07, 6.45) is 0.861. The summed E-state index contributed by atoms with van der Waals surface area (Å²) in [6, 6.07) is 4.09. The van der Waals surface area contributed by atoms with E-state index in [0.29, 0.717) is 30.2 Å². The van der Waals surface area contributed by atoms with Crippen molar-refractivity contribution in [3.63, 3.8) is 0 Å². The monoisotopic (exact) mass is 457 g/mol. The third kappa shape index (κ3) is 5.13. The molecule has 0 unspecified atom stereocenters. The van der Waals surface area contributed by atoms with Crippen molar-refractivity contribution < 1.29 is 18.8 Å². The highest BCUT2D eigenvalue weighted by Crippen LogP contribution is 2.33. The lowest BCUT2D eigenvalue weighted by molar-refractivity contribution is -0.127. The van der Waals surface area contributed by atoms with Crippen LogP contribution in [0.1, 0.15) is 60.2 Å². The molecule has 0 fully saturated rings. The highest BCUT2D eigenvalue weighted by Gasteiger charge is 2.35. The summed E-state index contributed by atoms with van der Waals surface area (Å²) in [5.41, 5.74) is 6.25. The Morgan fingerprint density at radius 2 is 1.94 bits per heavy atom.